The largest absolute Gasteiger partial charge is 0.395 e. The van der Waals surface area contributed by atoms with Crippen molar-refractivity contribution in [2.45, 2.75) is 40.2 Å². The smallest absolute Gasteiger partial charge is 0.228 e. The molecule has 0 aromatic carbocycles. The first-order chi connectivity index (χ1) is 7.06. The fourth-order valence-corrected chi connectivity index (χ4v) is 1.23. The van der Waals surface area contributed by atoms with Gasteiger partial charge in [0.25, 0.3) is 0 Å². The molecular weight excluding hydrogens is 192 g/mol. The number of hydrogen-bond donors (Lipinski definition) is 3. The van der Waals surface area contributed by atoms with Crippen LogP contribution in [0, 0.1) is 5.41 Å². The molecular formula is C11H26N2O2. The van der Waals surface area contributed by atoms with E-state index in [-0.39, 0.29) is 20.0 Å². The monoisotopic (exact) mass is 218 g/mol. The van der Waals surface area contributed by atoms with Gasteiger partial charge in [0.05, 0.1) is 12.0 Å². The maximum absolute atomic E-state index is 11.6. The molecule has 92 valence electrons. The van der Waals surface area contributed by atoms with Crippen molar-refractivity contribution in [2.24, 2.45) is 5.41 Å². The normalized spacial score (nSPS) is 20.5. The summed E-state index contributed by atoms with van der Waals surface area (Å²) in [5.74, 6) is -0.0660. The Morgan fingerprint density at radius 2 is 2.20 bits per heavy atom. The summed E-state index contributed by atoms with van der Waals surface area (Å²) in [6, 6.07) is 0.235. The molecule has 1 fully saturated rings. The maximum Gasteiger partial charge on any atom is 0.228 e. The van der Waals surface area contributed by atoms with E-state index >= 15 is 0 Å². The van der Waals surface area contributed by atoms with Gasteiger partial charge in [-0.05, 0) is 26.8 Å². The summed E-state index contributed by atoms with van der Waals surface area (Å²) in [7, 11) is 0. The average molecular weight is 218 g/mol. The van der Waals surface area contributed by atoms with Gasteiger partial charge in [0.1, 0.15) is 0 Å². The molecule has 0 aromatic rings. The minimum absolute atomic E-state index is 0. The van der Waals surface area contributed by atoms with Crippen LogP contribution in [0.1, 0.15) is 35.5 Å². The molecule has 15 heavy (non-hydrogen) atoms. The van der Waals surface area contributed by atoms with Gasteiger partial charge >= 0.3 is 0 Å². The minimum Gasteiger partial charge on any atom is -0.395 e. The molecule has 0 spiro atoms. The Labute approximate surface area is 93.9 Å². The van der Waals surface area contributed by atoms with Gasteiger partial charge in [-0.2, -0.15) is 0 Å². The van der Waals surface area contributed by atoms with Crippen LogP contribution in [0.5, 0.6) is 0 Å². The van der Waals surface area contributed by atoms with E-state index < -0.39 is 5.41 Å². The van der Waals surface area contributed by atoms with Gasteiger partial charge < -0.3 is 15.7 Å². The van der Waals surface area contributed by atoms with E-state index in [1.807, 2.05) is 13.8 Å². The van der Waals surface area contributed by atoms with E-state index in [0.29, 0.717) is 0 Å². The number of amides is 1. The molecule has 1 rings (SSSR count). The number of carbonyl (C=O) groups excluding carboxylic acids is 1. The molecule has 1 saturated heterocycles. The summed E-state index contributed by atoms with van der Waals surface area (Å²) in [6.07, 6.45) is 0.979. The first kappa shape index (κ1) is 14.4. The Kier molecular flexibility index (Phi) is 6.52. The highest BCUT2D eigenvalue weighted by molar-refractivity contribution is 5.82. The number of carbonyl (C=O) groups is 1. The molecule has 1 atom stereocenters. The topological polar surface area (TPSA) is 61.4 Å². The maximum atomic E-state index is 11.6. The van der Waals surface area contributed by atoms with E-state index in [1.54, 1.807) is 13.8 Å². The quantitative estimate of drug-likeness (QED) is 0.655. The third-order valence-corrected chi connectivity index (χ3v) is 2.41. The third-order valence-electron chi connectivity index (χ3n) is 2.41. The first-order valence-electron chi connectivity index (χ1n) is 5.69. The van der Waals surface area contributed by atoms with E-state index in [9.17, 15) is 4.79 Å². The van der Waals surface area contributed by atoms with Gasteiger partial charge in [-0.3, -0.25) is 4.79 Å². The standard InChI is InChI=1S/C9H18N2O2.C2H6.H2/c1-9(2,6-12)8(13)11-7-3-4-10-5-7;1-2;/h7,10,12H,3-6H2,1-2H3,(H,11,13);1-2H3;1H. The molecule has 1 aliphatic rings. The van der Waals surface area contributed by atoms with Crippen molar-refractivity contribution in [3.05, 3.63) is 0 Å². The summed E-state index contributed by atoms with van der Waals surface area (Å²) in [6.45, 7) is 9.17. The second-order valence-corrected chi connectivity index (χ2v) is 4.21. The van der Waals surface area contributed by atoms with Gasteiger partial charge in [-0.1, -0.05) is 13.8 Å². The van der Waals surface area contributed by atoms with Gasteiger partial charge in [-0.15, -0.1) is 0 Å². The number of aliphatic hydroxyl groups is 1. The molecule has 4 nitrogen and oxygen atoms in total. The summed E-state index contributed by atoms with van der Waals surface area (Å²) >= 11 is 0. The van der Waals surface area contributed by atoms with Crippen LogP contribution < -0.4 is 10.6 Å². The predicted molar refractivity (Wildman–Crippen MR) is 63.7 cm³/mol. The van der Waals surface area contributed by atoms with E-state index in [2.05, 4.69) is 10.6 Å². The molecule has 0 aliphatic carbocycles. The molecule has 4 heteroatoms. The molecule has 1 aliphatic heterocycles. The average Bonchev–Trinajstić information content (AvgIpc) is 2.73. The summed E-state index contributed by atoms with van der Waals surface area (Å²) in [5.41, 5.74) is -0.664. The number of aliphatic hydroxyl groups excluding tert-OH is 1. The lowest BCUT2D eigenvalue weighted by Gasteiger charge is -2.23. The number of rotatable bonds is 3. The van der Waals surface area contributed by atoms with Crippen molar-refractivity contribution in [3.8, 4) is 0 Å². The molecule has 1 amide bonds. The van der Waals surface area contributed by atoms with E-state index in [1.165, 1.54) is 0 Å². The van der Waals surface area contributed by atoms with Crippen LogP contribution in [0.4, 0.5) is 0 Å². The van der Waals surface area contributed by atoms with Gasteiger partial charge in [0.2, 0.25) is 5.91 Å². The summed E-state index contributed by atoms with van der Waals surface area (Å²) < 4.78 is 0. The van der Waals surface area contributed by atoms with Crippen molar-refractivity contribution in [2.75, 3.05) is 19.7 Å². The van der Waals surface area contributed by atoms with Crippen molar-refractivity contribution in [1.29, 1.82) is 0 Å². The molecule has 0 bridgehead atoms. The van der Waals surface area contributed by atoms with Crippen molar-refractivity contribution in [1.82, 2.24) is 10.6 Å². The van der Waals surface area contributed by atoms with Crippen LogP contribution in [-0.4, -0.2) is 36.8 Å². The fraction of sp³-hybridized carbons (Fsp3) is 0.909. The Hall–Kier alpha value is -0.610. The van der Waals surface area contributed by atoms with Gasteiger partial charge in [0, 0.05) is 14.0 Å². The lowest BCUT2D eigenvalue weighted by atomic mass is 9.93. The molecule has 1 heterocycles. The SMILES string of the molecule is CC.CC(C)(CO)C(=O)NC1CCNC1.[HH]. The van der Waals surface area contributed by atoms with Crippen LogP contribution in [0.25, 0.3) is 0 Å². The molecule has 0 aromatic heterocycles. The molecule has 1 unspecified atom stereocenters. The zero-order valence-electron chi connectivity index (χ0n) is 10.3. The van der Waals surface area contributed by atoms with Crippen molar-refractivity contribution >= 4 is 5.91 Å². The Morgan fingerprint density at radius 1 is 1.60 bits per heavy atom. The lowest BCUT2D eigenvalue weighted by molar-refractivity contribution is -0.131. The second-order valence-electron chi connectivity index (χ2n) is 4.21. The molecule has 3 N–H and O–H groups in total. The summed E-state index contributed by atoms with van der Waals surface area (Å²) in [5, 5.41) is 15.0. The van der Waals surface area contributed by atoms with Gasteiger partial charge in [-0.25, -0.2) is 0 Å². The van der Waals surface area contributed by atoms with Crippen LogP contribution in [0.3, 0.4) is 0 Å². The first-order valence-corrected chi connectivity index (χ1v) is 5.69. The predicted octanol–water partition coefficient (Wildman–Crippen LogP) is 0.755. The number of nitrogens with one attached hydrogen (secondary N) is 2. The highest BCUT2D eigenvalue weighted by Gasteiger charge is 2.29. The van der Waals surface area contributed by atoms with Crippen LogP contribution >= 0.6 is 0 Å². The molecule has 0 saturated carbocycles. The zero-order valence-corrected chi connectivity index (χ0v) is 10.3. The van der Waals surface area contributed by atoms with Crippen LogP contribution in [0.2, 0.25) is 0 Å². The zero-order chi connectivity index (χ0) is 11.9. The highest BCUT2D eigenvalue weighted by Crippen LogP contribution is 2.14. The second kappa shape index (κ2) is 6.80. The van der Waals surface area contributed by atoms with Crippen LogP contribution in [-0.2, 0) is 4.79 Å². The number of hydrogen-bond acceptors (Lipinski definition) is 3. The van der Waals surface area contributed by atoms with Gasteiger partial charge in [0.15, 0.2) is 0 Å². The lowest BCUT2D eigenvalue weighted by Crippen LogP contribution is -2.45. The van der Waals surface area contributed by atoms with Crippen LogP contribution in [0.15, 0.2) is 0 Å². The summed E-state index contributed by atoms with van der Waals surface area (Å²) in [4.78, 5) is 11.6. The van der Waals surface area contributed by atoms with E-state index in [0.717, 1.165) is 19.5 Å². The van der Waals surface area contributed by atoms with Crippen molar-refractivity contribution in [3.63, 3.8) is 0 Å². The van der Waals surface area contributed by atoms with Crippen molar-refractivity contribution < 1.29 is 11.3 Å². The highest BCUT2D eigenvalue weighted by atomic mass is 16.3. The minimum atomic E-state index is -0.664. The fourth-order valence-electron chi connectivity index (χ4n) is 1.23. The Balaban J connectivity index is 0. The Morgan fingerprint density at radius 3 is 2.60 bits per heavy atom. The Bertz CT molecular complexity index is 192. The van der Waals surface area contributed by atoms with E-state index in [4.69, 9.17) is 5.11 Å². The molecule has 0 radical (unpaired) electrons. The third kappa shape index (κ3) is 4.62.